The normalized spacial score (nSPS) is 14.4. The largest absolute Gasteiger partial charge is 0.466 e. The molecule has 3 nitrogen and oxygen atoms in total. The van der Waals surface area contributed by atoms with Gasteiger partial charge in [0.05, 0.1) is 19.1 Å². The molecule has 0 aliphatic rings. The van der Waals surface area contributed by atoms with Gasteiger partial charge < -0.3 is 9.84 Å². The van der Waals surface area contributed by atoms with Gasteiger partial charge in [0.15, 0.2) is 0 Å². The maximum atomic E-state index is 11.8. The van der Waals surface area contributed by atoms with E-state index in [-0.39, 0.29) is 12.4 Å². The molecule has 0 amide bonds. The Morgan fingerprint density at radius 3 is 1.96 bits per heavy atom. The maximum Gasteiger partial charge on any atom is 0.308 e. The quantitative estimate of drug-likeness (QED) is 0.335. The molecule has 0 fully saturated rings. The first-order chi connectivity index (χ1) is 11.7. The van der Waals surface area contributed by atoms with Crippen molar-refractivity contribution in [1.29, 1.82) is 0 Å². The lowest BCUT2D eigenvalue weighted by Crippen LogP contribution is -2.19. The number of hydrogen-bond donors (Lipinski definition) is 1. The van der Waals surface area contributed by atoms with Crippen molar-refractivity contribution in [3.8, 4) is 0 Å². The van der Waals surface area contributed by atoms with Crippen molar-refractivity contribution in [2.45, 2.75) is 92.6 Å². The molecule has 3 heteroatoms. The summed E-state index contributed by atoms with van der Waals surface area (Å²) in [6.45, 7) is 13.2. The summed E-state index contributed by atoms with van der Waals surface area (Å²) in [6, 6.07) is 0. The van der Waals surface area contributed by atoms with Crippen LogP contribution in [0.2, 0.25) is 0 Å². The van der Waals surface area contributed by atoms with E-state index in [9.17, 15) is 9.90 Å². The predicted octanol–water partition coefficient (Wildman–Crippen LogP) is 5.83. The molecule has 0 aromatic carbocycles. The van der Waals surface area contributed by atoms with Gasteiger partial charge in [0.2, 0.25) is 0 Å². The topological polar surface area (TPSA) is 46.5 Å². The number of carbonyl (C=O) groups excluding carboxylic acids is 1. The molecule has 0 rings (SSSR count). The summed E-state index contributed by atoms with van der Waals surface area (Å²) in [6.07, 6.45) is 9.81. The summed E-state index contributed by atoms with van der Waals surface area (Å²) < 4.78 is 5.28. The summed E-state index contributed by atoms with van der Waals surface area (Å²) in [5.74, 6) is 0.678. The Bertz CT molecular complexity index is 415. The molecule has 0 spiro atoms. The number of aliphatic hydroxyl groups is 1. The summed E-state index contributed by atoms with van der Waals surface area (Å²) in [7, 11) is 0. The highest BCUT2D eigenvalue weighted by molar-refractivity contribution is 5.69. The van der Waals surface area contributed by atoms with Crippen molar-refractivity contribution in [1.82, 2.24) is 0 Å². The first-order valence-corrected chi connectivity index (χ1v) is 9.81. The molecule has 0 saturated carbocycles. The zero-order chi connectivity index (χ0) is 19.2. The molecule has 0 aromatic rings. The van der Waals surface area contributed by atoms with Gasteiger partial charge in [-0.1, -0.05) is 37.1 Å². The standard InChI is InChI=1S/C22H40O3/c1-17(2)9-7-11-19(5)13-14-25-22(24)16-21(23)15-20(6)12-8-10-18(3)4/h9-10,19-21,23H,7-8,11-16H2,1-6H3/t19?,20-,21?/m0/s1. The number of allylic oxidation sites excluding steroid dienone is 4. The van der Waals surface area contributed by atoms with Crippen LogP contribution < -0.4 is 0 Å². The van der Waals surface area contributed by atoms with Crippen LogP contribution in [0.4, 0.5) is 0 Å². The Balaban J connectivity index is 3.83. The molecule has 0 aromatic heterocycles. The molecule has 0 aliphatic carbocycles. The molecular weight excluding hydrogens is 312 g/mol. The van der Waals surface area contributed by atoms with E-state index in [1.807, 2.05) is 0 Å². The number of hydrogen-bond acceptors (Lipinski definition) is 3. The fraction of sp³-hybridized carbons (Fsp3) is 0.773. The maximum absolute atomic E-state index is 11.8. The second kappa shape index (κ2) is 14.1. The third-order valence-corrected chi connectivity index (χ3v) is 4.37. The zero-order valence-electron chi connectivity index (χ0n) is 17.3. The molecule has 0 heterocycles. The molecule has 25 heavy (non-hydrogen) atoms. The highest BCUT2D eigenvalue weighted by atomic mass is 16.5. The first kappa shape index (κ1) is 23.9. The number of carbonyl (C=O) groups is 1. The van der Waals surface area contributed by atoms with Crippen molar-refractivity contribution < 1.29 is 14.6 Å². The van der Waals surface area contributed by atoms with E-state index in [0.717, 1.165) is 32.1 Å². The van der Waals surface area contributed by atoms with E-state index in [1.54, 1.807) is 0 Å². The van der Waals surface area contributed by atoms with E-state index in [2.05, 4.69) is 53.7 Å². The molecule has 3 atom stereocenters. The first-order valence-electron chi connectivity index (χ1n) is 9.81. The third kappa shape index (κ3) is 16.1. The number of aliphatic hydroxyl groups excluding tert-OH is 1. The van der Waals surface area contributed by atoms with Crippen LogP contribution >= 0.6 is 0 Å². The van der Waals surface area contributed by atoms with E-state index in [1.165, 1.54) is 11.1 Å². The van der Waals surface area contributed by atoms with E-state index in [4.69, 9.17) is 4.74 Å². The fourth-order valence-electron chi connectivity index (χ4n) is 2.75. The van der Waals surface area contributed by atoms with Crippen molar-refractivity contribution >= 4 is 5.97 Å². The number of rotatable bonds is 13. The summed E-state index contributed by atoms with van der Waals surface area (Å²) in [5.41, 5.74) is 2.68. The van der Waals surface area contributed by atoms with E-state index in [0.29, 0.717) is 24.9 Å². The molecule has 146 valence electrons. The molecular formula is C22H40O3. The van der Waals surface area contributed by atoms with Crippen LogP contribution in [0.1, 0.15) is 86.5 Å². The second-order valence-corrected chi connectivity index (χ2v) is 8.03. The lowest BCUT2D eigenvalue weighted by Gasteiger charge is -2.16. The third-order valence-electron chi connectivity index (χ3n) is 4.37. The van der Waals surface area contributed by atoms with Crippen LogP contribution in [0.25, 0.3) is 0 Å². The summed E-state index contributed by atoms with van der Waals surface area (Å²) in [4.78, 5) is 11.8. The molecule has 1 N–H and O–H groups in total. The lowest BCUT2D eigenvalue weighted by atomic mass is 9.96. The minimum atomic E-state index is -0.593. The average Bonchev–Trinajstić information content (AvgIpc) is 2.45. The lowest BCUT2D eigenvalue weighted by molar-refractivity contribution is -0.146. The smallest absolute Gasteiger partial charge is 0.308 e. The average molecular weight is 353 g/mol. The highest BCUT2D eigenvalue weighted by Crippen LogP contribution is 2.16. The van der Waals surface area contributed by atoms with Crippen LogP contribution in [-0.2, 0) is 9.53 Å². The van der Waals surface area contributed by atoms with E-state index >= 15 is 0 Å². The van der Waals surface area contributed by atoms with Crippen LogP contribution in [0, 0.1) is 11.8 Å². The fourth-order valence-corrected chi connectivity index (χ4v) is 2.75. The van der Waals surface area contributed by atoms with Gasteiger partial charge in [-0.15, -0.1) is 0 Å². The van der Waals surface area contributed by atoms with Crippen molar-refractivity contribution in [3.63, 3.8) is 0 Å². The van der Waals surface area contributed by atoms with Crippen molar-refractivity contribution in [2.24, 2.45) is 11.8 Å². The van der Waals surface area contributed by atoms with Crippen molar-refractivity contribution in [2.75, 3.05) is 6.61 Å². The van der Waals surface area contributed by atoms with Gasteiger partial charge >= 0.3 is 5.97 Å². The number of esters is 1. The Morgan fingerprint density at radius 2 is 1.44 bits per heavy atom. The van der Waals surface area contributed by atoms with Crippen LogP contribution in [0.15, 0.2) is 23.3 Å². The van der Waals surface area contributed by atoms with Crippen LogP contribution in [0.5, 0.6) is 0 Å². The van der Waals surface area contributed by atoms with Crippen LogP contribution in [0.3, 0.4) is 0 Å². The molecule has 0 radical (unpaired) electrons. The summed E-state index contributed by atoms with van der Waals surface area (Å²) >= 11 is 0. The van der Waals surface area contributed by atoms with Gasteiger partial charge in [0.1, 0.15) is 0 Å². The number of ether oxygens (including phenoxy) is 1. The molecule has 0 aliphatic heterocycles. The molecule has 2 unspecified atom stereocenters. The Labute approximate surface area is 155 Å². The van der Waals surface area contributed by atoms with E-state index < -0.39 is 6.10 Å². The Morgan fingerprint density at radius 1 is 0.920 bits per heavy atom. The van der Waals surface area contributed by atoms with Gasteiger partial charge in [0.25, 0.3) is 0 Å². The molecule has 0 bridgehead atoms. The SMILES string of the molecule is CC(C)=CCCC(C)CCOC(=O)CC(O)C[C@@H](C)CCC=C(C)C. The van der Waals surface area contributed by atoms with Gasteiger partial charge in [-0.05, 0) is 78.1 Å². The van der Waals surface area contributed by atoms with Crippen molar-refractivity contribution in [3.05, 3.63) is 23.3 Å². The minimum Gasteiger partial charge on any atom is -0.466 e. The predicted molar refractivity (Wildman–Crippen MR) is 106 cm³/mol. The molecule has 0 saturated heterocycles. The summed E-state index contributed by atoms with van der Waals surface area (Å²) in [5, 5.41) is 10.1. The second-order valence-electron chi connectivity index (χ2n) is 8.03. The van der Waals surface area contributed by atoms with Crippen LogP contribution in [-0.4, -0.2) is 23.8 Å². The minimum absolute atomic E-state index is 0.110. The van der Waals surface area contributed by atoms with Gasteiger partial charge in [-0.3, -0.25) is 4.79 Å². The zero-order valence-corrected chi connectivity index (χ0v) is 17.3. The van der Waals surface area contributed by atoms with Gasteiger partial charge in [0, 0.05) is 0 Å². The monoisotopic (exact) mass is 352 g/mol. The Hall–Kier alpha value is -1.09. The Kier molecular flexibility index (Phi) is 13.5. The highest BCUT2D eigenvalue weighted by Gasteiger charge is 2.15. The van der Waals surface area contributed by atoms with Gasteiger partial charge in [-0.25, -0.2) is 0 Å². The van der Waals surface area contributed by atoms with Gasteiger partial charge in [-0.2, -0.15) is 0 Å².